The summed E-state index contributed by atoms with van der Waals surface area (Å²) in [5, 5.41) is 12.0. The number of likely N-dealkylation sites (tertiary alicyclic amines) is 1. The zero-order chi connectivity index (χ0) is 15.3. The van der Waals surface area contributed by atoms with Crippen molar-refractivity contribution in [2.45, 2.75) is 59.4 Å². The SMILES string of the molecule is CCC1CCCN1C(=O)NCC(CC(C)(C)C)C(=O)O. The van der Waals surface area contributed by atoms with Crippen LogP contribution >= 0.6 is 0 Å². The minimum absolute atomic E-state index is 0.0621. The van der Waals surface area contributed by atoms with Crippen molar-refractivity contribution in [3.05, 3.63) is 0 Å². The highest BCUT2D eigenvalue weighted by Crippen LogP contribution is 2.24. The summed E-state index contributed by atoms with van der Waals surface area (Å²) in [7, 11) is 0. The number of hydrogen-bond acceptors (Lipinski definition) is 2. The fourth-order valence-corrected chi connectivity index (χ4v) is 2.83. The van der Waals surface area contributed by atoms with Crippen LogP contribution in [0.5, 0.6) is 0 Å². The molecule has 0 bridgehead atoms. The standard InChI is InChI=1S/C15H28N2O3/c1-5-12-7-6-8-17(12)14(20)16-10-11(13(18)19)9-15(2,3)4/h11-12H,5-10H2,1-4H3,(H,16,20)(H,18,19). The average Bonchev–Trinajstić information content (AvgIpc) is 2.80. The molecule has 0 radical (unpaired) electrons. The number of rotatable bonds is 5. The van der Waals surface area contributed by atoms with E-state index in [0.29, 0.717) is 12.5 Å². The third-order valence-corrected chi connectivity index (χ3v) is 3.82. The summed E-state index contributed by atoms with van der Waals surface area (Å²) in [6.45, 7) is 9.10. The first kappa shape index (κ1) is 16.8. The second-order valence-corrected chi connectivity index (χ2v) is 6.88. The van der Waals surface area contributed by atoms with Gasteiger partial charge in [-0.1, -0.05) is 27.7 Å². The summed E-state index contributed by atoms with van der Waals surface area (Å²) in [4.78, 5) is 25.2. The van der Waals surface area contributed by atoms with Crippen LogP contribution in [-0.2, 0) is 4.79 Å². The van der Waals surface area contributed by atoms with Crippen molar-refractivity contribution in [2.75, 3.05) is 13.1 Å². The molecule has 2 atom stereocenters. The van der Waals surface area contributed by atoms with Crippen LogP contribution in [0.25, 0.3) is 0 Å². The topological polar surface area (TPSA) is 69.6 Å². The molecule has 1 aliphatic heterocycles. The van der Waals surface area contributed by atoms with Gasteiger partial charge in [-0.2, -0.15) is 0 Å². The first-order valence-electron chi connectivity index (χ1n) is 7.52. The van der Waals surface area contributed by atoms with Crippen LogP contribution in [0.3, 0.4) is 0 Å². The second kappa shape index (κ2) is 6.95. The molecule has 1 fully saturated rings. The Kier molecular flexibility index (Phi) is 5.84. The van der Waals surface area contributed by atoms with E-state index in [9.17, 15) is 14.7 Å². The number of nitrogens with one attached hydrogen (secondary N) is 1. The van der Waals surface area contributed by atoms with Crippen molar-refractivity contribution >= 4 is 12.0 Å². The normalized spacial score (nSPS) is 20.8. The fourth-order valence-electron chi connectivity index (χ4n) is 2.83. The van der Waals surface area contributed by atoms with Gasteiger partial charge in [-0.05, 0) is 31.1 Å². The molecule has 0 aromatic heterocycles. The van der Waals surface area contributed by atoms with E-state index in [4.69, 9.17) is 0 Å². The number of carbonyl (C=O) groups is 2. The number of carbonyl (C=O) groups excluding carboxylic acids is 1. The number of nitrogens with zero attached hydrogens (tertiary/aromatic N) is 1. The number of carboxylic acids is 1. The third kappa shape index (κ3) is 5.02. The summed E-state index contributed by atoms with van der Waals surface area (Å²) in [6.07, 6.45) is 3.60. The predicted octanol–water partition coefficient (Wildman–Crippen LogP) is 2.71. The molecule has 2 amide bonds. The second-order valence-electron chi connectivity index (χ2n) is 6.88. The van der Waals surface area contributed by atoms with Crippen LogP contribution in [0.4, 0.5) is 4.79 Å². The summed E-state index contributed by atoms with van der Waals surface area (Å²) >= 11 is 0. The van der Waals surface area contributed by atoms with Crippen LogP contribution in [0.2, 0.25) is 0 Å². The van der Waals surface area contributed by atoms with Crippen molar-refractivity contribution in [2.24, 2.45) is 11.3 Å². The molecule has 0 aromatic rings. The minimum atomic E-state index is -0.839. The van der Waals surface area contributed by atoms with Crippen LogP contribution < -0.4 is 5.32 Å². The molecule has 0 aliphatic carbocycles. The zero-order valence-electron chi connectivity index (χ0n) is 13.1. The van der Waals surface area contributed by atoms with Gasteiger partial charge in [-0.3, -0.25) is 4.79 Å². The van der Waals surface area contributed by atoms with Crippen LogP contribution in [0, 0.1) is 11.3 Å². The molecule has 0 saturated carbocycles. The first-order valence-corrected chi connectivity index (χ1v) is 7.52. The van der Waals surface area contributed by atoms with E-state index in [0.717, 1.165) is 25.8 Å². The van der Waals surface area contributed by atoms with E-state index >= 15 is 0 Å². The molecule has 20 heavy (non-hydrogen) atoms. The van der Waals surface area contributed by atoms with E-state index in [1.807, 2.05) is 25.7 Å². The Morgan fingerprint density at radius 1 is 1.40 bits per heavy atom. The monoisotopic (exact) mass is 284 g/mol. The van der Waals surface area contributed by atoms with Crippen molar-refractivity contribution in [1.29, 1.82) is 0 Å². The van der Waals surface area contributed by atoms with Gasteiger partial charge in [0.25, 0.3) is 0 Å². The maximum absolute atomic E-state index is 12.1. The van der Waals surface area contributed by atoms with E-state index in [-0.39, 0.29) is 18.0 Å². The van der Waals surface area contributed by atoms with E-state index in [1.165, 1.54) is 0 Å². The first-order chi connectivity index (χ1) is 9.24. The molecular weight excluding hydrogens is 256 g/mol. The van der Waals surface area contributed by atoms with Crippen LogP contribution in [0.1, 0.15) is 53.4 Å². The molecule has 1 heterocycles. The van der Waals surface area contributed by atoms with Crippen molar-refractivity contribution in [3.8, 4) is 0 Å². The maximum Gasteiger partial charge on any atom is 0.317 e. The number of carboxylic acid groups (broad SMARTS) is 1. The lowest BCUT2D eigenvalue weighted by Gasteiger charge is -2.27. The number of urea groups is 1. The van der Waals surface area contributed by atoms with Gasteiger partial charge < -0.3 is 15.3 Å². The molecule has 0 aromatic carbocycles. The Hall–Kier alpha value is -1.26. The molecular formula is C15H28N2O3. The summed E-state index contributed by atoms with van der Waals surface area (Å²) in [5.74, 6) is -1.37. The fraction of sp³-hybridized carbons (Fsp3) is 0.867. The summed E-state index contributed by atoms with van der Waals surface area (Å²) < 4.78 is 0. The zero-order valence-corrected chi connectivity index (χ0v) is 13.1. The third-order valence-electron chi connectivity index (χ3n) is 3.82. The predicted molar refractivity (Wildman–Crippen MR) is 78.6 cm³/mol. The quantitative estimate of drug-likeness (QED) is 0.815. The highest BCUT2D eigenvalue weighted by atomic mass is 16.4. The molecule has 1 saturated heterocycles. The lowest BCUT2D eigenvalue weighted by Crippen LogP contribution is -2.45. The van der Waals surface area contributed by atoms with Crippen molar-refractivity contribution in [1.82, 2.24) is 10.2 Å². The van der Waals surface area contributed by atoms with E-state index in [2.05, 4.69) is 12.2 Å². The van der Waals surface area contributed by atoms with Crippen LogP contribution in [-0.4, -0.2) is 41.1 Å². The lowest BCUT2D eigenvalue weighted by molar-refractivity contribution is -0.142. The van der Waals surface area contributed by atoms with E-state index in [1.54, 1.807) is 0 Å². The van der Waals surface area contributed by atoms with Gasteiger partial charge in [-0.25, -0.2) is 4.79 Å². The van der Waals surface area contributed by atoms with Gasteiger partial charge in [0.15, 0.2) is 0 Å². The number of amides is 2. The minimum Gasteiger partial charge on any atom is -0.481 e. The Morgan fingerprint density at radius 3 is 2.55 bits per heavy atom. The molecule has 2 N–H and O–H groups in total. The van der Waals surface area contributed by atoms with Crippen molar-refractivity contribution < 1.29 is 14.7 Å². The van der Waals surface area contributed by atoms with Gasteiger partial charge in [0.05, 0.1) is 5.92 Å². The summed E-state index contributed by atoms with van der Waals surface area (Å²) in [5.41, 5.74) is -0.0621. The Bertz CT molecular complexity index is 350. The smallest absolute Gasteiger partial charge is 0.317 e. The number of hydrogen-bond donors (Lipinski definition) is 2. The molecule has 1 rings (SSSR count). The van der Waals surface area contributed by atoms with Gasteiger partial charge >= 0.3 is 12.0 Å². The average molecular weight is 284 g/mol. The number of aliphatic carboxylic acids is 1. The Labute approximate surface area is 121 Å². The van der Waals surface area contributed by atoms with Gasteiger partial charge in [0, 0.05) is 19.1 Å². The van der Waals surface area contributed by atoms with Gasteiger partial charge in [-0.15, -0.1) is 0 Å². The molecule has 5 heteroatoms. The largest absolute Gasteiger partial charge is 0.481 e. The molecule has 2 unspecified atom stereocenters. The van der Waals surface area contributed by atoms with Gasteiger partial charge in [0.1, 0.15) is 0 Å². The lowest BCUT2D eigenvalue weighted by atomic mass is 9.84. The maximum atomic E-state index is 12.1. The highest BCUT2D eigenvalue weighted by molar-refractivity contribution is 5.76. The van der Waals surface area contributed by atoms with Crippen molar-refractivity contribution in [3.63, 3.8) is 0 Å². The summed E-state index contributed by atoms with van der Waals surface area (Å²) in [6, 6.07) is 0.190. The molecule has 0 spiro atoms. The molecule has 116 valence electrons. The molecule has 1 aliphatic rings. The van der Waals surface area contributed by atoms with E-state index < -0.39 is 11.9 Å². The van der Waals surface area contributed by atoms with Gasteiger partial charge in [0.2, 0.25) is 0 Å². The van der Waals surface area contributed by atoms with Crippen LogP contribution in [0.15, 0.2) is 0 Å². The molecule has 5 nitrogen and oxygen atoms in total. The Morgan fingerprint density at radius 2 is 2.05 bits per heavy atom. The highest BCUT2D eigenvalue weighted by Gasteiger charge is 2.29. The Balaban J connectivity index is 2.50.